The van der Waals surface area contributed by atoms with Crippen LogP contribution in [0.15, 0.2) is 12.1 Å². The molecule has 0 atom stereocenters. The lowest BCUT2D eigenvalue weighted by Crippen LogP contribution is -2.19. The zero-order chi connectivity index (χ0) is 12.8. The van der Waals surface area contributed by atoms with Crippen molar-refractivity contribution in [3.05, 3.63) is 29.3 Å². The molecule has 0 bridgehead atoms. The number of amides is 1. The second-order valence-electron chi connectivity index (χ2n) is 3.18. The van der Waals surface area contributed by atoms with Crippen LogP contribution in [0.1, 0.15) is 12.5 Å². The normalized spacial score (nSPS) is 9.18. The Balaban J connectivity index is 2.83. The Hall–Kier alpha value is -2.09. The van der Waals surface area contributed by atoms with Gasteiger partial charge in [0.05, 0.1) is 13.7 Å². The van der Waals surface area contributed by atoms with Crippen molar-refractivity contribution in [1.29, 1.82) is 0 Å². The first-order chi connectivity index (χ1) is 8.04. The highest BCUT2D eigenvalue weighted by atomic mass is 19.1. The number of benzene rings is 1. The fraction of sp³-hybridized carbons (Fsp3) is 0.250. The Kier molecular flexibility index (Phi) is 4.46. The minimum atomic E-state index is -0.809. The summed E-state index contributed by atoms with van der Waals surface area (Å²) < 4.78 is 31.0. The molecule has 0 radical (unpaired) electrons. The topological polar surface area (TPSA) is 38.3 Å². The Morgan fingerprint density at radius 2 is 2.00 bits per heavy atom. The van der Waals surface area contributed by atoms with Gasteiger partial charge < -0.3 is 10.1 Å². The summed E-state index contributed by atoms with van der Waals surface area (Å²) in [7, 11) is 1.18. The minimum absolute atomic E-state index is 0.130. The van der Waals surface area contributed by atoms with Gasteiger partial charge in [-0.3, -0.25) is 4.79 Å². The molecule has 0 fully saturated rings. The molecule has 0 saturated carbocycles. The van der Waals surface area contributed by atoms with Gasteiger partial charge in [-0.05, 0) is 12.1 Å². The molecule has 1 amide bonds. The molecule has 5 heteroatoms. The average molecular weight is 239 g/mol. The maximum atomic E-state index is 13.2. The van der Waals surface area contributed by atoms with Crippen LogP contribution in [0.2, 0.25) is 0 Å². The molecule has 0 aliphatic rings. The largest absolute Gasteiger partial charge is 0.491 e. The number of carbonyl (C=O) groups is 1. The summed E-state index contributed by atoms with van der Waals surface area (Å²) in [4.78, 5) is 10.5. The number of hydrogen-bond acceptors (Lipinski definition) is 2. The number of nitrogens with one attached hydrogen (secondary N) is 1. The number of halogens is 2. The quantitative estimate of drug-likeness (QED) is 0.793. The van der Waals surface area contributed by atoms with Gasteiger partial charge in [0.15, 0.2) is 17.4 Å². The maximum absolute atomic E-state index is 13.2. The number of ether oxygens (including phenoxy) is 1. The predicted octanol–water partition coefficient (Wildman–Crippen LogP) is 1.46. The van der Waals surface area contributed by atoms with Crippen molar-refractivity contribution in [3.8, 4) is 17.6 Å². The summed E-state index contributed by atoms with van der Waals surface area (Å²) in [6.07, 6.45) is 0. The molecular formula is C12H11F2NO2. The number of carbonyl (C=O) groups excluding carboxylic acids is 1. The van der Waals surface area contributed by atoms with E-state index in [-0.39, 0.29) is 18.0 Å². The van der Waals surface area contributed by atoms with E-state index in [2.05, 4.69) is 21.9 Å². The number of methoxy groups -OCH3 is 1. The molecule has 1 rings (SSSR count). The highest BCUT2D eigenvalue weighted by molar-refractivity contribution is 5.73. The van der Waals surface area contributed by atoms with E-state index >= 15 is 0 Å². The van der Waals surface area contributed by atoms with E-state index < -0.39 is 17.4 Å². The first kappa shape index (κ1) is 13.0. The fourth-order valence-electron chi connectivity index (χ4n) is 1.14. The summed E-state index contributed by atoms with van der Waals surface area (Å²) in [5.41, 5.74) is 0.186. The third-order valence-electron chi connectivity index (χ3n) is 1.86. The van der Waals surface area contributed by atoms with Gasteiger partial charge in [0, 0.05) is 12.5 Å². The lowest BCUT2D eigenvalue weighted by Gasteiger charge is -2.03. The minimum Gasteiger partial charge on any atom is -0.491 e. The smallest absolute Gasteiger partial charge is 0.217 e. The van der Waals surface area contributed by atoms with Crippen molar-refractivity contribution in [2.45, 2.75) is 6.92 Å². The summed E-state index contributed by atoms with van der Waals surface area (Å²) in [5.74, 6) is 2.83. The lowest BCUT2D eigenvalue weighted by atomic mass is 10.2. The summed E-state index contributed by atoms with van der Waals surface area (Å²) in [6, 6.07) is 2.14. The van der Waals surface area contributed by atoms with Crippen LogP contribution < -0.4 is 10.1 Å². The van der Waals surface area contributed by atoms with Crippen LogP contribution in [0, 0.1) is 23.5 Å². The van der Waals surface area contributed by atoms with Crippen LogP contribution in [-0.4, -0.2) is 19.6 Å². The van der Waals surface area contributed by atoms with E-state index in [4.69, 9.17) is 0 Å². The fourth-order valence-corrected chi connectivity index (χ4v) is 1.14. The molecule has 1 aromatic carbocycles. The molecule has 0 saturated heterocycles. The molecule has 1 N–H and O–H groups in total. The summed E-state index contributed by atoms with van der Waals surface area (Å²) in [6.45, 7) is 1.49. The second kappa shape index (κ2) is 5.85. The van der Waals surface area contributed by atoms with E-state index in [1.807, 2.05) is 0 Å². The second-order valence-corrected chi connectivity index (χ2v) is 3.18. The zero-order valence-electron chi connectivity index (χ0n) is 9.43. The summed E-state index contributed by atoms with van der Waals surface area (Å²) in [5, 5.41) is 2.44. The van der Waals surface area contributed by atoms with E-state index in [9.17, 15) is 13.6 Å². The molecule has 0 aliphatic heterocycles. The summed E-state index contributed by atoms with van der Waals surface area (Å²) >= 11 is 0. The Labute approximate surface area is 97.8 Å². The molecule has 0 aromatic heterocycles. The van der Waals surface area contributed by atoms with Crippen molar-refractivity contribution in [1.82, 2.24) is 5.32 Å². The van der Waals surface area contributed by atoms with Crippen molar-refractivity contribution >= 4 is 5.91 Å². The third kappa shape index (κ3) is 3.76. The van der Waals surface area contributed by atoms with Crippen molar-refractivity contribution in [2.75, 3.05) is 13.7 Å². The van der Waals surface area contributed by atoms with Crippen molar-refractivity contribution < 1.29 is 18.3 Å². The monoisotopic (exact) mass is 239 g/mol. The highest BCUT2D eigenvalue weighted by Crippen LogP contribution is 2.22. The molecule has 1 aromatic rings. The Morgan fingerprint density at radius 3 is 2.47 bits per heavy atom. The van der Waals surface area contributed by atoms with Crippen LogP contribution in [0.4, 0.5) is 8.78 Å². The molecule has 0 unspecified atom stereocenters. The van der Waals surface area contributed by atoms with Crippen LogP contribution in [0.25, 0.3) is 0 Å². The van der Waals surface area contributed by atoms with Gasteiger partial charge in [-0.2, -0.15) is 0 Å². The zero-order valence-corrected chi connectivity index (χ0v) is 9.43. The van der Waals surface area contributed by atoms with E-state index in [1.165, 1.54) is 14.0 Å². The van der Waals surface area contributed by atoms with Crippen LogP contribution in [-0.2, 0) is 4.79 Å². The lowest BCUT2D eigenvalue weighted by molar-refractivity contribution is -0.118. The van der Waals surface area contributed by atoms with E-state index in [1.54, 1.807) is 0 Å². The molecule has 0 spiro atoms. The van der Waals surface area contributed by atoms with Gasteiger partial charge in [0.1, 0.15) is 0 Å². The molecular weight excluding hydrogens is 228 g/mol. The van der Waals surface area contributed by atoms with Crippen LogP contribution in [0.5, 0.6) is 5.75 Å². The third-order valence-corrected chi connectivity index (χ3v) is 1.86. The number of rotatable bonds is 2. The Morgan fingerprint density at radius 1 is 1.41 bits per heavy atom. The van der Waals surface area contributed by atoms with Gasteiger partial charge in [-0.25, -0.2) is 8.78 Å². The number of hydrogen-bond donors (Lipinski definition) is 1. The van der Waals surface area contributed by atoms with Gasteiger partial charge in [0.25, 0.3) is 0 Å². The van der Waals surface area contributed by atoms with E-state index in [0.29, 0.717) is 0 Å². The van der Waals surface area contributed by atoms with Crippen molar-refractivity contribution in [3.63, 3.8) is 0 Å². The first-order valence-corrected chi connectivity index (χ1v) is 4.81. The average Bonchev–Trinajstić information content (AvgIpc) is 2.24. The standard InChI is InChI=1S/C12H11F2NO2/c1-8(16)15-5-3-4-9-6-10(13)12(17-2)11(14)7-9/h6-7H,5H2,1-2H3,(H,15,16). The predicted molar refractivity (Wildman–Crippen MR) is 58.5 cm³/mol. The molecule has 90 valence electrons. The van der Waals surface area contributed by atoms with Gasteiger partial charge >= 0.3 is 0 Å². The van der Waals surface area contributed by atoms with Gasteiger partial charge in [0.2, 0.25) is 5.91 Å². The molecule has 3 nitrogen and oxygen atoms in total. The van der Waals surface area contributed by atoms with Gasteiger partial charge in [-0.15, -0.1) is 0 Å². The van der Waals surface area contributed by atoms with Crippen LogP contribution >= 0.6 is 0 Å². The Bertz CT molecular complexity index is 466. The SMILES string of the molecule is COc1c(F)cc(C#CCNC(C)=O)cc1F. The van der Waals surface area contributed by atoms with E-state index in [0.717, 1.165) is 12.1 Å². The highest BCUT2D eigenvalue weighted by Gasteiger charge is 2.10. The van der Waals surface area contributed by atoms with Crippen molar-refractivity contribution in [2.24, 2.45) is 0 Å². The molecule has 0 aliphatic carbocycles. The molecule has 0 heterocycles. The van der Waals surface area contributed by atoms with Gasteiger partial charge in [-0.1, -0.05) is 11.8 Å². The van der Waals surface area contributed by atoms with Crippen LogP contribution in [0.3, 0.4) is 0 Å². The maximum Gasteiger partial charge on any atom is 0.217 e. The molecule has 17 heavy (non-hydrogen) atoms. The first-order valence-electron chi connectivity index (χ1n) is 4.81.